The first kappa shape index (κ1) is 8.46. The Morgan fingerprint density at radius 2 is 2.50 bits per heavy atom. The van der Waals surface area contributed by atoms with Crippen molar-refractivity contribution in [1.82, 2.24) is 9.78 Å². The van der Waals surface area contributed by atoms with E-state index in [0.29, 0.717) is 0 Å². The Labute approximate surface area is 71.7 Å². The Kier molecular flexibility index (Phi) is 2.58. The zero-order valence-electron chi connectivity index (χ0n) is 7.07. The molecule has 1 aromatic heterocycles. The van der Waals surface area contributed by atoms with E-state index in [1.54, 1.807) is 23.2 Å². The summed E-state index contributed by atoms with van der Waals surface area (Å²) in [6, 6.07) is 0. The Bertz CT molecular complexity index is 320. The lowest BCUT2D eigenvalue weighted by Crippen LogP contribution is -1.84. The molecule has 0 aromatic carbocycles. The van der Waals surface area contributed by atoms with Gasteiger partial charge in [-0.1, -0.05) is 12.7 Å². The van der Waals surface area contributed by atoms with Crippen molar-refractivity contribution in [3.05, 3.63) is 36.8 Å². The van der Waals surface area contributed by atoms with Crippen LogP contribution in [0.4, 0.5) is 0 Å². The fourth-order valence-corrected chi connectivity index (χ4v) is 0.914. The summed E-state index contributed by atoms with van der Waals surface area (Å²) in [6.07, 6.45) is 7.05. The van der Waals surface area contributed by atoms with Crippen molar-refractivity contribution in [2.24, 2.45) is 12.0 Å². The van der Waals surface area contributed by atoms with Crippen molar-refractivity contribution < 1.29 is 0 Å². The first-order chi connectivity index (χ1) is 5.77. The van der Waals surface area contributed by atoms with Crippen LogP contribution in [-0.4, -0.2) is 16.5 Å². The highest BCUT2D eigenvalue weighted by Gasteiger charge is 1.98. The molecule has 0 aliphatic rings. The standard InChI is InChI=1S/C9H11N3/c1-4-8(5-10-2)9-6-11-12(3)7-9/h4-7H,1-2H2,3H3. The summed E-state index contributed by atoms with van der Waals surface area (Å²) in [5.74, 6) is 0. The fraction of sp³-hybridized carbons (Fsp3) is 0.111. The van der Waals surface area contributed by atoms with Crippen LogP contribution in [0.5, 0.6) is 0 Å². The molecule has 0 bridgehead atoms. The molecule has 12 heavy (non-hydrogen) atoms. The van der Waals surface area contributed by atoms with Crippen molar-refractivity contribution in [3.63, 3.8) is 0 Å². The molecule has 0 aliphatic heterocycles. The number of hydrogen-bond acceptors (Lipinski definition) is 2. The molecular formula is C9H11N3. The highest BCUT2D eigenvalue weighted by atomic mass is 15.2. The van der Waals surface area contributed by atoms with Gasteiger partial charge in [-0.25, -0.2) is 0 Å². The minimum absolute atomic E-state index is 0.929. The van der Waals surface area contributed by atoms with Crippen LogP contribution in [0.25, 0.3) is 5.57 Å². The minimum Gasteiger partial charge on any atom is -0.275 e. The topological polar surface area (TPSA) is 30.2 Å². The van der Waals surface area contributed by atoms with Gasteiger partial charge < -0.3 is 0 Å². The molecule has 1 rings (SSSR count). The van der Waals surface area contributed by atoms with Gasteiger partial charge >= 0.3 is 0 Å². The largest absolute Gasteiger partial charge is 0.275 e. The molecule has 3 nitrogen and oxygen atoms in total. The molecule has 1 aromatic rings. The number of rotatable bonds is 3. The monoisotopic (exact) mass is 161 g/mol. The second-order valence-corrected chi connectivity index (χ2v) is 2.37. The summed E-state index contributed by atoms with van der Waals surface area (Å²) in [5.41, 5.74) is 1.93. The zero-order chi connectivity index (χ0) is 8.97. The number of aliphatic imine (C=N–C) groups is 1. The van der Waals surface area contributed by atoms with Crippen molar-refractivity contribution in [3.8, 4) is 0 Å². The molecule has 1 heterocycles. The molecule has 0 saturated carbocycles. The molecule has 0 saturated heterocycles. The second kappa shape index (κ2) is 3.67. The Hall–Kier alpha value is -1.64. The van der Waals surface area contributed by atoms with Gasteiger partial charge in [0, 0.05) is 30.6 Å². The molecule has 0 radical (unpaired) electrons. The molecule has 0 spiro atoms. The third-order valence-corrected chi connectivity index (χ3v) is 1.49. The maximum absolute atomic E-state index is 4.03. The molecule has 0 unspecified atom stereocenters. The summed E-state index contributed by atoms with van der Waals surface area (Å²) in [4.78, 5) is 3.67. The molecule has 0 amide bonds. The van der Waals surface area contributed by atoms with Crippen LogP contribution >= 0.6 is 0 Å². The summed E-state index contributed by atoms with van der Waals surface area (Å²) >= 11 is 0. The number of aryl methyl sites for hydroxylation is 1. The average Bonchev–Trinajstić information content (AvgIpc) is 2.47. The van der Waals surface area contributed by atoms with Gasteiger partial charge in [0.1, 0.15) is 0 Å². The van der Waals surface area contributed by atoms with E-state index in [9.17, 15) is 0 Å². The summed E-state index contributed by atoms with van der Waals surface area (Å²) in [6.45, 7) is 7.05. The number of hydrogen-bond donors (Lipinski definition) is 0. The quantitative estimate of drug-likeness (QED) is 0.489. The van der Waals surface area contributed by atoms with Crippen LogP contribution in [0.1, 0.15) is 5.56 Å². The van der Waals surface area contributed by atoms with Gasteiger partial charge in [0.05, 0.1) is 6.20 Å². The smallest absolute Gasteiger partial charge is 0.0568 e. The van der Waals surface area contributed by atoms with E-state index < -0.39 is 0 Å². The van der Waals surface area contributed by atoms with E-state index in [1.807, 2.05) is 13.2 Å². The van der Waals surface area contributed by atoms with Gasteiger partial charge in [0.25, 0.3) is 0 Å². The predicted molar refractivity (Wildman–Crippen MR) is 50.9 cm³/mol. The fourth-order valence-electron chi connectivity index (χ4n) is 0.914. The Morgan fingerprint density at radius 1 is 1.75 bits per heavy atom. The SMILES string of the molecule is C=CC(=CN=C)c1cnn(C)c1. The molecule has 0 fully saturated rings. The Balaban J connectivity index is 3.02. The van der Waals surface area contributed by atoms with E-state index in [-0.39, 0.29) is 0 Å². The van der Waals surface area contributed by atoms with Gasteiger partial charge in [0.2, 0.25) is 0 Å². The minimum atomic E-state index is 0.929. The normalized spacial score (nSPS) is 11.2. The highest BCUT2D eigenvalue weighted by molar-refractivity contribution is 5.72. The molecule has 0 atom stereocenters. The Morgan fingerprint density at radius 3 is 2.92 bits per heavy atom. The molecule has 0 N–H and O–H groups in total. The van der Waals surface area contributed by atoms with Crippen LogP contribution in [0.15, 0.2) is 36.2 Å². The third kappa shape index (κ3) is 1.69. The van der Waals surface area contributed by atoms with Crippen LogP contribution in [-0.2, 0) is 7.05 Å². The molecule has 3 heteroatoms. The van der Waals surface area contributed by atoms with Crippen molar-refractivity contribution in [1.29, 1.82) is 0 Å². The first-order valence-corrected chi connectivity index (χ1v) is 3.55. The van der Waals surface area contributed by atoms with E-state index in [2.05, 4.69) is 23.4 Å². The van der Waals surface area contributed by atoms with Gasteiger partial charge in [-0.15, -0.1) is 0 Å². The summed E-state index contributed by atoms with van der Waals surface area (Å²) < 4.78 is 1.73. The lowest BCUT2D eigenvalue weighted by atomic mass is 10.1. The van der Waals surface area contributed by atoms with E-state index in [4.69, 9.17) is 0 Å². The van der Waals surface area contributed by atoms with Crippen LogP contribution in [0.3, 0.4) is 0 Å². The lowest BCUT2D eigenvalue weighted by molar-refractivity contribution is 0.767. The van der Waals surface area contributed by atoms with Crippen molar-refractivity contribution in [2.75, 3.05) is 0 Å². The van der Waals surface area contributed by atoms with Gasteiger partial charge in [0.15, 0.2) is 0 Å². The number of allylic oxidation sites excluding steroid dienone is 2. The molecular weight excluding hydrogens is 150 g/mol. The second-order valence-electron chi connectivity index (χ2n) is 2.37. The number of aromatic nitrogens is 2. The van der Waals surface area contributed by atoms with Crippen molar-refractivity contribution >= 4 is 12.3 Å². The van der Waals surface area contributed by atoms with Crippen LogP contribution in [0, 0.1) is 0 Å². The average molecular weight is 161 g/mol. The maximum atomic E-state index is 4.03. The van der Waals surface area contributed by atoms with Gasteiger partial charge in [-0.2, -0.15) is 5.10 Å². The van der Waals surface area contributed by atoms with Gasteiger partial charge in [-0.3, -0.25) is 9.67 Å². The predicted octanol–water partition coefficient (Wildman–Crippen LogP) is 1.65. The number of nitrogens with zero attached hydrogens (tertiary/aromatic N) is 3. The maximum Gasteiger partial charge on any atom is 0.0568 e. The first-order valence-electron chi connectivity index (χ1n) is 3.55. The van der Waals surface area contributed by atoms with Crippen molar-refractivity contribution in [2.45, 2.75) is 0 Å². The lowest BCUT2D eigenvalue weighted by Gasteiger charge is -1.92. The molecule has 0 aliphatic carbocycles. The third-order valence-electron chi connectivity index (χ3n) is 1.49. The zero-order valence-corrected chi connectivity index (χ0v) is 7.07. The van der Waals surface area contributed by atoms with Crippen LogP contribution < -0.4 is 0 Å². The van der Waals surface area contributed by atoms with E-state index in [0.717, 1.165) is 11.1 Å². The van der Waals surface area contributed by atoms with Gasteiger partial charge in [-0.05, 0) is 6.72 Å². The van der Waals surface area contributed by atoms with E-state index >= 15 is 0 Å². The summed E-state index contributed by atoms with van der Waals surface area (Å²) in [5, 5.41) is 4.03. The van der Waals surface area contributed by atoms with E-state index in [1.165, 1.54) is 0 Å². The highest BCUT2D eigenvalue weighted by Crippen LogP contribution is 2.13. The summed E-state index contributed by atoms with van der Waals surface area (Å²) in [7, 11) is 1.87. The van der Waals surface area contributed by atoms with Crippen LogP contribution in [0.2, 0.25) is 0 Å². The molecule has 62 valence electrons.